The van der Waals surface area contributed by atoms with Crippen molar-refractivity contribution in [3.05, 3.63) is 0 Å². The quantitative estimate of drug-likeness (QED) is 0.707. The predicted molar refractivity (Wildman–Crippen MR) is 75.0 cm³/mol. The Hall–Kier alpha value is -1.01. The molecule has 1 aliphatic rings. The van der Waals surface area contributed by atoms with Gasteiger partial charge in [-0.25, -0.2) is 0 Å². The topological polar surface area (TPSA) is 41.1 Å². The van der Waals surface area contributed by atoms with Crippen LogP contribution < -0.4 is 10.6 Å². The van der Waals surface area contributed by atoms with Gasteiger partial charge < -0.3 is 10.6 Å². The summed E-state index contributed by atoms with van der Waals surface area (Å²) in [5.74, 6) is 4.07. The molecule has 1 atom stereocenters. The lowest BCUT2D eigenvalue weighted by Gasteiger charge is -2.28. The summed E-state index contributed by atoms with van der Waals surface area (Å²) in [6.07, 6.45) is 11.7. The molecular weight excluding hydrogens is 224 g/mol. The van der Waals surface area contributed by atoms with Gasteiger partial charge in [-0.1, -0.05) is 32.1 Å². The lowest BCUT2D eigenvalue weighted by atomic mass is 9.81. The minimum absolute atomic E-state index is 0.00445. The van der Waals surface area contributed by atoms with Gasteiger partial charge in [-0.2, -0.15) is 0 Å². The molecule has 3 heteroatoms. The maximum absolute atomic E-state index is 11.6. The SMILES string of the molecule is C#CCNC(=O)C(C)NCC1CCC(CC)CC1. The predicted octanol–water partition coefficient (Wildman–Crippen LogP) is 1.93. The zero-order valence-electron chi connectivity index (χ0n) is 11.7. The Labute approximate surface area is 111 Å². The van der Waals surface area contributed by atoms with Crippen molar-refractivity contribution in [3.8, 4) is 12.3 Å². The van der Waals surface area contributed by atoms with E-state index in [0.29, 0.717) is 6.54 Å². The molecule has 0 radical (unpaired) electrons. The Bertz CT molecular complexity index is 287. The third-order valence-corrected chi connectivity index (χ3v) is 4.01. The highest BCUT2D eigenvalue weighted by atomic mass is 16.2. The largest absolute Gasteiger partial charge is 0.344 e. The number of terminal acetylenes is 1. The molecule has 2 N–H and O–H groups in total. The number of amides is 1. The molecule has 1 unspecified atom stereocenters. The van der Waals surface area contributed by atoms with Crippen LogP contribution in [0.1, 0.15) is 46.0 Å². The van der Waals surface area contributed by atoms with Crippen molar-refractivity contribution in [1.82, 2.24) is 10.6 Å². The fourth-order valence-corrected chi connectivity index (χ4v) is 2.57. The minimum atomic E-state index is -0.151. The number of hydrogen-bond donors (Lipinski definition) is 2. The summed E-state index contributed by atoms with van der Waals surface area (Å²) in [4.78, 5) is 11.6. The summed E-state index contributed by atoms with van der Waals surface area (Å²) < 4.78 is 0. The zero-order valence-corrected chi connectivity index (χ0v) is 11.7. The second kappa shape index (κ2) is 8.16. The summed E-state index contributed by atoms with van der Waals surface area (Å²) >= 11 is 0. The number of rotatable bonds is 6. The minimum Gasteiger partial charge on any atom is -0.344 e. The van der Waals surface area contributed by atoms with E-state index >= 15 is 0 Å². The number of nitrogens with one attached hydrogen (secondary N) is 2. The van der Waals surface area contributed by atoms with Crippen LogP contribution >= 0.6 is 0 Å². The molecule has 1 amide bonds. The number of carbonyl (C=O) groups is 1. The van der Waals surface area contributed by atoms with Crippen LogP contribution in [0, 0.1) is 24.2 Å². The highest BCUT2D eigenvalue weighted by Crippen LogP contribution is 2.30. The average Bonchev–Trinajstić information content (AvgIpc) is 2.42. The summed E-state index contributed by atoms with van der Waals surface area (Å²) in [6, 6.07) is -0.151. The Morgan fingerprint density at radius 2 is 1.94 bits per heavy atom. The lowest BCUT2D eigenvalue weighted by Crippen LogP contribution is -2.44. The first-order valence-electron chi connectivity index (χ1n) is 7.11. The monoisotopic (exact) mass is 250 g/mol. The molecule has 0 bridgehead atoms. The maximum Gasteiger partial charge on any atom is 0.237 e. The second-order valence-corrected chi connectivity index (χ2v) is 5.35. The zero-order chi connectivity index (χ0) is 13.4. The van der Waals surface area contributed by atoms with Gasteiger partial charge in [0.15, 0.2) is 0 Å². The van der Waals surface area contributed by atoms with E-state index in [9.17, 15) is 4.79 Å². The highest BCUT2D eigenvalue weighted by Gasteiger charge is 2.21. The number of carbonyl (C=O) groups excluding carboxylic acids is 1. The van der Waals surface area contributed by atoms with E-state index in [2.05, 4.69) is 23.5 Å². The smallest absolute Gasteiger partial charge is 0.237 e. The normalized spacial score (nSPS) is 25.2. The van der Waals surface area contributed by atoms with Crippen LogP contribution in [0.25, 0.3) is 0 Å². The molecular formula is C15H26N2O. The Kier molecular flexibility index (Phi) is 6.82. The van der Waals surface area contributed by atoms with E-state index in [0.717, 1.165) is 18.4 Å². The first-order valence-corrected chi connectivity index (χ1v) is 7.11. The van der Waals surface area contributed by atoms with Crippen LogP contribution in [-0.4, -0.2) is 25.0 Å². The van der Waals surface area contributed by atoms with Crippen molar-refractivity contribution in [1.29, 1.82) is 0 Å². The van der Waals surface area contributed by atoms with Gasteiger partial charge in [0.2, 0.25) is 5.91 Å². The van der Waals surface area contributed by atoms with Crippen molar-refractivity contribution < 1.29 is 4.79 Å². The molecule has 0 aromatic heterocycles. The van der Waals surface area contributed by atoms with E-state index < -0.39 is 0 Å². The highest BCUT2D eigenvalue weighted by molar-refractivity contribution is 5.81. The van der Waals surface area contributed by atoms with Crippen molar-refractivity contribution in [3.63, 3.8) is 0 Å². The van der Waals surface area contributed by atoms with Gasteiger partial charge in [-0.3, -0.25) is 4.79 Å². The first-order chi connectivity index (χ1) is 8.67. The molecule has 0 heterocycles. The molecule has 0 saturated heterocycles. The molecule has 1 aliphatic carbocycles. The molecule has 1 saturated carbocycles. The van der Waals surface area contributed by atoms with Gasteiger partial charge in [0.05, 0.1) is 12.6 Å². The van der Waals surface area contributed by atoms with Gasteiger partial charge in [0, 0.05) is 0 Å². The van der Waals surface area contributed by atoms with Crippen molar-refractivity contribution in [2.75, 3.05) is 13.1 Å². The lowest BCUT2D eigenvalue weighted by molar-refractivity contribution is -0.122. The van der Waals surface area contributed by atoms with Crippen LogP contribution in [0.4, 0.5) is 0 Å². The van der Waals surface area contributed by atoms with Gasteiger partial charge in [0.1, 0.15) is 0 Å². The van der Waals surface area contributed by atoms with E-state index in [1.54, 1.807) is 0 Å². The third kappa shape index (κ3) is 5.10. The van der Waals surface area contributed by atoms with Gasteiger partial charge in [0.25, 0.3) is 0 Å². The molecule has 0 aromatic carbocycles. The molecule has 3 nitrogen and oxygen atoms in total. The van der Waals surface area contributed by atoms with E-state index in [1.807, 2.05) is 6.92 Å². The first kappa shape index (κ1) is 15.0. The second-order valence-electron chi connectivity index (χ2n) is 5.35. The molecule has 0 aromatic rings. The summed E-state index contributed by atoms with van der Waals surface area (Å²) in [6.45, 7) is 5.43. The fourth-order valence-electron chi connectivity index (χ4n) is 2.57. The maximum atomic E-state index is 11.6. The molecule has 0 spiro atoms. The summed E-state index contributed by atoms with van der Waals surface area (Å²) in [5, 5.41) is 6.01. The molecule has 1 rings (SSSR count). The van der Waals surface area contributed by atoms with Crippen molar-refractivity contribution in [2.24, 2.45) is 11.8 Å². The molecule has 1 fully saturated rings. The molecule has 102 valence electrons. The summed E-state index contributed by atoms with van der Waals surface area (Å²) in [7, 11) is 0. The van der Waals surface area contributed by atoms with Crippen molar-refractivity contribution >= 4 is 5.91 Å². The average molecular weight is 250 g/mol. The van der Waals surface area contributed by atoms with Crippen LogP contribution in [-0.2, 0) is 4.79 Å². The standard InChI is InChI=1S/C15H26N2O/c1-4-10-16-15(18)12(3)17-11-14-8-6-13(5-2)7-9-14/h1,12-14,17H,5-11H2,2-3H3,(H,16,18). The fraction of sp³-hybridized carbons (Fsp3) is 0.800. The van der Waals surface area contributed by atoms with E-state index in [-0.39, 0.29) is 11.9 Å². The third-order valence-electron chi connectivity index (χ3n) is 4.01. The molecule has 18 heavy (non-hydrogen) atoms. The van der Waals surface area contributed by atoms with Crippen molar-refractivity contribution in [2.45, 2.75) is 52.0 Å². The molecule has 0 aliphatic heterocycles. The van der Waals surface area contributed by atoms with Gasteiger partial charge in [-0.05, 0) is 38.1 Å². The van der Waals surface area contributed by atoms with Crippen LogP contribution in [0.2, 0.25) is 0 Å². The Morgan fingerprint density at radius 3 is 2.50 bits per heavy atom. The van der Waals surface area contributed by atoms with Gasteiger partial charge >= 0.3 is 0 Å². The Morgan fingerprint density at radius 1 is 1.33 bits per heavy atom. The summed E-state index contributed by atoms with van der Waals surface area (Å²) in [5.41, 5.74) is 0. The van der Waals surface area contributed by atoms with E-state index in [1.165, 1.54) is 32.1 Å². The van der Waals surface area contributed by atoms with E-state index in [4.69, 9.17) is 6.42 Å². The van der Waals surface area contributed by atoms with Crippen LogP contribution in [0.15, 0.2) is 0 Å². The Balaban J connectivity index is 2.17. The van der Waals surface area contributed by atoms with Crippen LogP contribution in [0.5, 0.6) is 0 Å². The van der Waals surface area contributed by atoms with Crippen LogP contribution in [0.3, 0.4) is 0 Å². The number of hydrogen-bond acceptors (Lipinski definition) is 2. The van der Waals surface area contributed by atoms with Gasteiger partial charge in [-0.15, -0.1) is 6.42 Å².